The number of hydrogen-bond acceptors (Lipinski definition) is 15. The lowest BCUT2D eigenvalue weighted by molar-refractivity contribution is -0.161. The van der Waals surface area contributed by atoms with Gasteiger partial charge in [-0.25, -0.2) is 9.13 Å². The highest BCUT2D eigenvalue weighted by Gasteiger charge is 2.30. The monoisotopic (exact) mass is 1420 g/mol. The Morgan fingerprint density at radius 2 is 0.557 bits per heavy atom. The summed E-state index contributed by atoms with van der Waals surface area (Å²) in [6.07, 6.45) is 63.3. The number of esters is 4. The molecule has 0 radical (unpaired) electrons. The Morgan fingerprint density at radius 3 is 0.845 bits per heavy atom. The molecule has 3 N–H and O–H groups in total. The van der Waals surface area contributed by atoms with Gasteiger partial charge in [-0.2, -0.15) is 0 Å². The van der Waals surface area contributed by atoms with E-state index in [-0.39, 0.29) is 25.7 Å². The first-order valence-electron chi connectivity index (χ1n) is 40.0. The Labute approximate surface area is 592 Å². The molecule has 0 aromatic carbocycles. The molecular weight excluding hydrogens is 1270 g/mol. The number of hydrogen-bond donors (Lipinski definition) is 3. The number of rotatable bonds is 76. The van der Waals surface area contributed by atoms with Crippen LogP contribution in [0.4, 0.5) is 0 Å². The van der Waals surface area contributed by atoms with Gasteiger partial charge >= 0.3 is 39.5 Å². The normalized spacial score (nSPS) is 14.1. The number of carbonyl (C=O) groups is 4. The van der Waals surface area contributed by atoms with E-state index in [0.717, 1.165) is 115 Å². The fourth-order valence-electron chi connectivity index (χ4n) is 11.5. The molecule has 0 bridgehead atoms. The fourth-order valence-corrected chi connectivity index (χ4v) is 13.1. The lowest BCUT2D eigenvalue weighted by Gasteiger charge is -2.21. The molecule has 0 heterocycles. The average Bonchev–Trinajstić information content (AvgIpc) is 2.38. The highest BCUT2D eigenvalue weighted by atomic mass is 31.2. The Morgan fingerprint density at radius 1 is 0.320 bits per heavy atom. The summed E-state index contributed by atoms with van der Waals surface area (Å²) in [4.78, 5) is 72.8. The topological polar surface area (TPSA) is 237 Å². The summed E-state index contributed by atoms with van der Waals surface area (Å²) >= 11 is 0. The van der Waals surface area contributed by atoms with Gasteiger partial charge in [-0.15, -0.1) is 0 Å². The number of ether oxygens (including phenoxy) is 4. The van der Waals surface area contributed by atoms with Gasteiger partial charge in [0.25, 0.3) is 0 Å². The van der Waals surface area contributed by atoms with E-state index in [0.29, 0.717) is 25.7 Å². The SMILES string of the molecule is CCCCCC/C=C\C=C/CCCCCCCC(=O)O[C@H](COC(=O)CCCCCCCCCC)COP(=O)(O)OC[C@H](O)COP(=O)(O)OC[C@@H](COC(=O)CCCCCCCCCCCCCCCCCCC)OC(=O)CCCCCCCCCCCCCCCCC(C)C. The standard InChI is InChI=1S/C78H148O17P2/c1-6-9-12-15-18-21-23-25-27-28-30-34-38-42-47-52-57-62-76(81)89-68-74(95-78(83)64-59-54-49-44-40-36-32-31-33-37-41-45-50-55-60-71(4)5)70-93-97(86,87)91-66-72(79)65-90-96(84,85)92-69-73(67-88-75(80)61-56-51-46-20-17-14-11-8-3)94-77(82)63-58-53-48-43-39-35-29-26-24-22-19-16-13-10-7-2/h22,24,26,29,71-74,79H,6-21,23,25,27-28,30-70H2,1-5H3,(H,84,85)(H,86,87)/b24-22-,29-26-/t72-,73+,74+/m0/s1. The van der Waals surface area contributed by atoms with E-state index in [1.54, 1.807) is 0 Å². The van der Waals surface area contributed by atoms with Crippen LogP contribution in [0.5, 0.6) is 0 Å². The van der Waals surface area contributed by atoms with Crippen LogP contribution < -0.4 is 0 Å². The van der Waals surface area contributed by atoms with Gasteiger partial charge in [0.05, 0.1) is 26.4 Å². The van der Waals surface area contributed by atoms with Crippen LogP contribution in [-0.4, -0.2) is 96.7 Å². The van der Waals surface area contributed by atoms with Crippen molar-refractivity contribution in [1.29, 1.82) is 0 Å². The van der Waals surface area contributed by atoms with Gasteiger partial charge in [0.15, 0.2) is 12.2 Å². The van der Waals surface area contributed by atoms with Crippen molar-refractivity contribution in [3.05, 3.63) is 24.3 Å². The molecule has 0 aliphatic carbocycles. The van der Waals surface area contributed by atoms with Crippen molar-refractivity contribution in [2.75, 3.05) is 39.6 Å². The number of phosphoric acid groups is 2. The second-order valence-corrected chi connectivity index (χ2v) is 30.8. The molecule has 0 amide bonds. The van der Waals surface area contributed by atoms with Crippen LogP contribution in [0.15, 0.2) is 24.3 Å². The van der Waals surface area contributed by atoms with E-state index in [1.165, 1.54) is 193 Å². The predicted octanol–water partition coefficient (Wildman–Crippen LogP) is 22.8. The number of aliphatic hydroxyl groups excluding tert-OH is 1. The van der Waals surface area contributed by atoms with Gasteiger partial charge in [-0.1, -0.05) is 335 Å². The Balaban J connectivity index is 5.24. The van der Waals surface area contributed by atoms with Crippen LogP contribution in [-0.2, 0) is 65.4 Å². The smallest absolute Gasteiger partial charge is 0.462 e. The van der Waals surface area contributed by atoms with Crippen LogP contribution in [0, 0.1) is 5.92 Å². The van der Waals surface area contributed by atoms with Gasteiger partial charge < -0.3 is 33.8 Å². The summed E-state index contributed by atoms with van der Waals surface area (Å²) in [6, 6.07) is 0. The summed E-state index contributed by atoms with van der Waals surface area (Å²) in [5.74, 6) is -1.35. The molecule has 0 rings (SSSR count). The maximum atomic E-state index is 13.1. The van der Waals surface area contributed by atoms with Crippen LogP contribution in [0.3, 0.4) is 0 Å². The number of phosphoric ester groups is 2. The van der Waals surface area contributed by atoms with Crippen molar-refractivity contribution in [3.8, 4) is 0 Å². The number of allylic oxidation sites excluding steroid dienone is 4. The van der Waals surface area contributed by atoms with Crippen molar-refractivity contribution in [3.63, 3.8) is 0 Å². The zero-order valence-electron chi connectivity index (χ0n) is 62.7. The molecule has 19 heteroatoms. The predicted molar refractivity (Wildman–Crippen MR) is 395 cm³/mol. The van der Waals surface area contributed by atoms with E-state index < -0.39 is 97.5 Å². The lowest BCUT2D eigenvalue weighted by Crippen LogP contribution is -2.30. The van der Waals surface area contributed by atoms with Crippen molar-refractivity contribution < 1.29 is 80.2 Å². The van der Waals surface area contributed by atoms with E-state index in [1.807, 2.05) is 0 Å². The third-order valence-electron chi connectivity index (χ3n) is 17.7. The highest BCUT2D eigenvalue weighted by Crippen LogP contribution is 2.45. The maximum absolute atomic E-state index is 13.1. The summed E-state index contributed by atoms with van der Waals surface area (Å²) in [7, 11) is -9.92. The number of aliphatic hydroxyl groups is 1. The third-order valence-corrected chi connectivity index (χ3v) is 19.6. The van der Waals surface area contributed by atoms with Crippen molar-refractivity contribution in [2.24, 2.45) is 5.92 Å². The van der Waals surface area contributed by atoms with Gasteiger partial charge in [0.1, 0.15) is 19.3 Å². The van der Waals surface area contributed by atoms with Crippen LogP contribution >= 0.6 is 15.6 Å². The second kappa shape index (κ2) is 70.6. The average molecular weight is 1420 g/mol. The first kappa shape index (κ1) is 94.5. The van der Waals surface area contributed by atoms with E-state index >= 15 is 0 Å². The first-order valence-corrected chi connectivity index (χ1v) is 42.9. The zero-order chi connectivity index (χ0) is 71.2. The zero-order valence-corrected chi connectivity index (χ0v) is 64.5. The van der Waals surface area contributed by atoms with Crippen LogP contribution in [0.1, 0.15) is 388 Å². The first-order chi connectivity index (χ1) is 47.0. The molecule has 572 valence electrons. The summed E-state index contributed by atoms with van der Waals surface area (Å²) < 4.78 is 68.5. The molecule has 2 unspecified atom stereocenters. The number of unbranched alkanes of at least 4 members (excludes halogenated alkanes) is 45. The quantitative estimate of drug-likeness (QED) is 0.0169. The molecule has 5 atom stereocenters. The molecule has 17 nitrogen and oxygen atoms in total. The van der Waals surface area contributed by atoms with Crippen molar-refractivity contribution >= 4 is 39.5 Å². The Hall–Kier alpha value is -2.46. The largest absolute Gasteiger partial charge is 0.472 e. The molecule has 0 aromatic rings. The summed E-state index contributed by atoms with van der Waals surface area (Å²) in [5, 5.41) is 10.6. The van der Waals surface area contributed by atoms with Gasteiger partial charge in [-0.3, -0.25) is 37.3 Å². The van der Waals surface area contributed by atoms with E-state index in [2.05, 4.69) is 58.9 Å². The van der Waals surface area contributed by atoms with E-state index in [9.17, 15) is 43.2 Å². The van der Waals surface area contributed by atoms with Crippen molar-refractivity contribution in [2.45, 2.75) is 406 Å². The molecular formula is C78H148O17P2. The molecule has 0 fully saturated rings. The molecule has 0 aliphatic heterocycles. The van der Waals surface area contributed by atoms with E-state index in [4.69, 9.17) is 37.0 Å². The van der Waals surface area contributed by atoms with Gasteiger partial charge in [0.2, 0.25) is 0 Å². The van der Waals surface area contributed by atoms with Crippen molar-refractivity contribution in [1.82, 2.24) is 0 Å². The highest BCUT2D eigenvalue weighted by molar-refractivity contribution is 7.47. The third kappa shape index (κ3) is 71.7. The molecule has 97 heavy (non-hydrogen) atoms. The molecule has 0 saturated carbocycles. The summed E-state index contributed by atoms with van der Waals surface area (Å²) in [6.45, 7) is 7.24. The fraction of sp³-hybridized carbons (Fsp3) is 0.897. The van der Waals surface area contributed by atoms with Gasteiger partial charge in [0, 0.05) is 25.7 Å². The Kier molecular flexibility index (Phi) is 68.8. The minimum atomic E-state index is -4.96. The maximum Gasteiger partial charge on any atom is 0.472 e. The molecule has 0 spiro atoms. The molecule has 0 aromatic heterocycles. The minimum absolute atomic E-state index is 0.0851. The lowest BCUT2D eigenvalue weighted by atomic mass is 10.0. The minimum Gasteiger partial charge on any atom is -0.462 e. The molecule has 0 aliphatic rings. The Bertz CT molecular complexity index is 1950. The second-order valence-electron chi connectivity index (χ2n) is 27.9. The summed E-state index contributed by atoms with van der Waals surface area (Å²) in [5.41, 5.74) is 0. The van der Waals surface area contributed by atoms with Crippen LogP contribution in [0.2, 0.25) is 0 Å². The molecule has 0 saturated heterocycles. The number of carbonyl (C=O) groups excluding carboxylic acids is 4. The van der Waals surface area contributed by atoms with Gasteiger partial charge in [-0.05, 0) is 57.3 Å². The van der Waals surface area contributed by atoms with Crippen LogP contribution in [0.25, 0.3) is 0 Å².